The lowest BCUT2D eigenvalue weighted by Gasteiger charge is -2.34. The molecular formula is C37H37F4N3O4S. The van der Waals surface area contributed by atoms with Gasteiger partial charge < -0.3 is 10.2 Å². The van der Waals surface area contributed by atoms with E-state index in [-0.39, 0.29) is 22.9 Å². The molecule has 1 fully saturated rings. The van der Waals surface area contributed by atoms with Crippen molar-refractivity contribution < 1.29 is 35.6 Å². The first kappa shape index (κ1) is 35.6. The highest BCUT2D eigenvalue weighted by Crippen LogP contribution is 2.33. The van der Waals surface area contributed by atoms with E-state index in [9.17, 15) is 31.2 Å². The molecular weight excluding hydrogens is 658 g/mol. The van der Waals surface area contributed by atoms with E-state index in [1.165, 1.54) is 48.5 Å². The summed E-state index contributed by atoms with van der Waals surface area (Å²) in [5, 5.41) is 3.02. The Hall–Kier alpha value is -4.71. The van der Waals surface area contributed by atoms with E-state index in [0.29, 0.717) is 15.9 Å². The van der Waals surface area contributed by atoms with Gasteiger partial charge in [-0.15, -0.1) is 0 Å². The molecule has 0 heterocycles. The number of halogens is 4. The van der Waals surface area contributed by atoms with Crippen LogP contribution in [-0.2, 0) is 38.8 Å². The van der Waals surface area contributed by atoms with E-state index in [1.54, 1.807) is 43.3 Å². The lowest BCUT2D eigenvalue weighted by molar-refractivity contribution is -0.140. The molecule has 1 N–H and O–H groups in total. The van der Waals surface area contributed by atoms with E-state index in [0.717, 1.165) is 48.3 Å². The zero-order chi connectivity index (χ0) is 35.2. The Balaban J connectivity index is 1.60. The first-order valence-electron chi connectivity index (χ1n) is 16.0. The van der Waals surface area contributed by atoms with Crippen LogP contribution in [0.5, 0.6) is 0 Å². The summed E-state index contributed by atoms with van der Waals surface area (Å²) in [5.41, 5.74) is 0.0120. The van der Waals surface area contributed by atoms with Crippen LogP contribution in [0, 0.1) is 12.7 Å². The number of anilines is 1. The number of rotatable bonds is 12. The second-order valence-electron chi connectivity index (χ2n) is 12.2. The molecule has 1 aliphatic rings. The average Bonchev–Trinajstić information content (AvgIpc) is 3.59. The molecule has 5 rings (SSSR count). The number of aryl methyl sites for hydroxylation is 1. The van der Waals surface area contributed by atoms with Crippen LogP contribution in [0.3, 0.4) is 0 Å². The number of carbonyl (C=O) groups excluding carboxylic acids is 2. The molecule has 12 heteroatoms. The van der Waals surface area contributed by atoms with Gasteiger partial charge in [0.05, 0.1) is 16.1 Å². The van der Waals surface area contributed by atoms with Crippen LogP contribution in [0.2, 0.25) is 0 Å². The maximum absolute atomic E-state index is 15.1. The van der Waals surface area contributed by atoms with Crippen molar-refractivity contribution >= 4 is 27.5 Å². The largest absolute Gasteiger partial charge is 0.416 e. The molecule has 2 amide bonds. The van der Waals surface area contributed by atoms with Gasteiger partial charge in [0.2, 0.25) is 11.8 Å². The Kier molecular flexibility index (Phi) is 11.1. The van der Waals surface area contributed by atoms with Crippen LogP contribution >= 0.6 is 0 Å². The highest BCUT2D eigenvalue weighted by molar-refractivity contribution is 7.92. The number of carbonyl (C=O) groups is 2. The lowest BCUT2D eigenvalue weighted by atomic mass is 10.0. The summed E-state index contributed by atoms with van der Waals surface area (Å²) in [6.45, 7) is 0.380. The molecule has 0 aliphatic heterocycles. The van der Waals surface area contributed by atoms with Crippen LogP contribution in [0.1, 0.15) is 47.9 Å². The van der Waals surface area contributed by atoms with Gasteiger partial charge in [-0.25, -0.2) is 12.8 Å². The zero-order valence-electron chi connectivity index (χ0n) is 26.9. The number of benzene rings is 4. The number of hydrogen-bond donors (Lipinski definition) is 1. The normalized spacial score (nSPS) is 14.3. The molecule has 7 nitrogen and oxygen atoms in total. The third-order valence-corrected chi connectivity index (χ3v) is 10.4. The highest BCUT2D eigenvalue weighted by atomic mass is 32.2. The van der Waals surface area contributed by atoms with Gasteiger partial charge in [-0.05, 0) is 61.7 Å². The van der Waals surface area contributed by atoms with Crippen LogP contribution < -0.4 is 9.62 Å². The second-order valence-corrected chi connectivity index (χ2v) is 14.0. The van der Waals surface area contributed by atoms with Crippen LogP contribution in [0.4, 0.5) is 23.2 Å². The molecule has 1 aliphatic carbocycles. The van der Waals surface area contributed by atoms with Crippen molar-refractivity contribution in [2.24, 2.45) is 0 Å². The van der Waals surface area contributed by atoms with Gasteiger partial charge in [0.1, 0.15) is 18.4 Å². The van der Waals surface area contributed by atoms with Crippen molar-refractivity contribution in [2.45, 2.75) is 68.7 Å². The van der Waals surface area contributed by atoms with Crippen molar-refractivity contribution in [3.05, 3.63) is 131 Å². The summed E-state index contributed by atoms with van der Waals surface area (Å²) in [6.07, 6.45) is -1.42. The topological polar surface area (TPSA) is 86.8 Å². The maximum atomic E-state index is 15.1. The minimum Gasteiger partial charge on any atom is -0.352 e. The zero-order valence-corrected chi connectivity index (χ0v) is 27.7. The standard InChI is InChI=1S/C37H37F4N3O4S/c1-26-18-20-32(21-19-26)49(47,48)44(31-16-9-13-29(23-31)37(39,40)41)25-35(45)43(24-28-12-5-8-17-33(28)38)34(22-27-10-3-2-4-11-27)36(46)42-30-14-6-7-15-30/h2-5,8-13,16-21,23,30,34H,6-7,14-15,22,24-25H2,1H3,(H,42,46)/t34-/m0/s1. The monoisotopic (exact) mass is 695 g/mol. The summed E-state index contributed by atoms with van der Waals surface area (Å²) in [6, 6.07) is 22.6. The molecule has 0 bridgehead atoms. The molecule has 258 valence electrons. The molecule has 4 aromatic carbocycles. The van der Waals surface area contributed by atoms with E-state index < -0.39 is 64.2 Å². The van der Waals surface area contributed by atoms with Gasteiger partial charge in [-0.3, -0.25) is 13.9 Å². The van der Waals surface area contributed by atoms with E-state index in [1.807, 2.05) is 0 Å². The molecule has 0 saturated heterocycles. The Morgan fingerprint density at radius 1 is 0.878 bits per heavy atom. The molecule has 0 aromatic heterocycles. The third kappa shape index (κ3) is 8.86. The summed E-state index contributed by atoms with van der Waals surface area (Å²) < 4.78 is 85.4. The number of nitrogens with one attached hydrogen (secondary N) is 1. The Morgan fingerprint density at radius 2 is 1.53 bits per heavy atom. The van der Waals surface area contributed by atoms with Gasteiger partial charge in [0.15, 0.2) is 0 Å². The van der Waals surface area contributed by atoms with Crippen LogP contribution in [0.15, 0.2) is 108 Å². The maximum Gasteiger partial charge on any atom is 0.416 e. The molecule has 1 saturated carbocycles. The molecule has 49 heavy (non-hydrogen) atoms. The number of sulfonamides is 1. The van der Waals surface area contributed by atoms with Gasteiger partial charge in [-0.2, -0.15) is 13.2 Å². The average molecular weight is 696 g/mol. The Labute approximate surface area is 283 Å². The fraction of sp³-hybridized carbons (Fsp3) is 0.297. The highest BCUT2D eigenvalue weighted by Gasteiger charge is 2.37. The number of alkyl halides is 3. The third-order valence-electron chi connectivity index (χ3n) is 8.62. The molecule has 0 radical (unpaired) electrons. The minimum atomic E-state index is -4.80. The predicted molar refractivity (Wildman–Crippen MR) is 178 cm³/mol. The summed E-state index contributed by atoms with van der Waals surface area (Å²) in [7, 11) is -4.62. The molecule has 0 unspecified atom stereocenters. The van der Waals surface area contributed by atoms with Gasteiger partial charge in [0, 0.05) is 24.6 Å². The smallest absolute Gasteiger partial charge is 0.352 e. The van der Waals surface area contributed by atoms with E-state index in [2.05, 4.69) is 5.32 Å². The SMILES string of the molecule is Cc1ccc(S(=O)(=O)N(CC(=O)N(Cc2ccccc2F)[C@@H](Cc2ccccc2)C(=O)NC2CCCC2)c2cccc(C(F)(F)F)c2)cc1. The van der Waals surface area contributed by atoms with Gasteiger partial charge in [0.25, 0.3) is 10.0 Å². The summed E-state index contributed by atoms with van der Waals surface area (Å²) in [4.78, 5) is 29.4. The molecule has 4 aromatic rings. The van der Waals surface area contributed by atoms with Crippen molar-refractivity contribution in [3.8, 4) is 0 Å². The second kappa shape index (κ2) is 15.2. The van der Waals surface area contributed by atoms with Crippen LogP contribution in [0.25, 0.3) is 0 Å². The minimum absolute atomic E-state index is 0.0217. The summed E-state index contributed by atoms with van der Waals surface area (Å²) >= 11 is 0. The van der Waals surface area contributed by atoms with Crippen molar-refractivity contribution in [1.82, 2.24) is 10.2 Å². The first-order valence-corrected chi connectivity index (χ1v) is 17.4. The predicted octanol–water partition coefficient (Wildman–Crippen LogP) is 7.05. The molecule has 0 spiro atoms. The summed E-state index contributed by atoms with van der Waals surface area (Å²) in [5.74, 6) is -2.04. The van der Waals surface area contributed by atoms with Crippen molar-refractivity contribution in [2.75, 3.05) is 10.8 Å². The Morgan fingerprint density at radius 3 is 2.18 bits per heavy atom. The molecule has 1 atom stereocenters. The van der Waals surface area contributed by atoms with Crippen LogP contribution in [-0.4, -0.2) is 43.8 Å². The van der Waals surface area contributed by atoms with E-state index in [4.69, 9.17) is 0 Å². The van der Waals surface area contributed by atoms with E-state index >= 15 is 4.39 Å². The van der Waals surface area contributed by atoms with Gasteiger partial charge >= 0.3 is 6.18 Å². The number of nitrogens with zero attached hydrogens (tertiary/aromatic N) is 2. The van der Waals surface area contributed by atoms with Crippen molar-refractivity contribution in [1.29, 1.82) is 0 Å². The number of amides is 2. The van der Waals surface area contributed by atoms with Crippen molar-refractivity contribution in [3.63, 3.8) is 0 Å². The quantitative estimate of drug-likeness (QED) is 0.161. The Bertz CT molecular complexity index is 1860. The lowest BCUT2D eigenvalue weighted by Crippen LogP contribution is -2.54. The first-order chi connectivity index (χ1) is 23.3. The van der Waals surface area contributed by atoms with Gasteiger partial charge in [-0.1, -0.05) is 85.1 Å². The fourth-order valence-electron chi connectivity index (χ4n) is 5.94. The fourth-order valence-corrected chi connectivity index (χ4v) is 7.34. The number of hydrogen-bond acceptors (Lipinski definition) is 4.